The average molecular weight is 338 g/mol. The lowest BCUT2D eigenvalue weighted by Gasteiger charge is -2.27. The zero-order valence-electron chi connectivity index (χ0n) is 13.2. The molecular formula is C14H18N4O6. The summed E-state index contributed by atoms with van der Waals surface area (Å²) in [7, 11) is 0. The Morgan fingerprint density at radius 3 is 2.54 bits per heavy atom. The van der Waals surface area contributed by atoms with Crippen molar-refractivity contribution in [2.24, 2.45) is 0 Å². The fraction of sp³-hybridized carbons (Fsp3) is 0.357. The van der Waals surface area contributed by atoms with Crippen LogP contribution < -0.4 is 11.1 Å². The highest BCUT2D eigenvalue weighted by Gasteiger charge is 2.28. The van der Waals surface area contributed by atoms with Crippen molar-refractivity contribution in [2.45, 2.75) is 19.9 Å². The van der Waals surface area contributed by atoms with Crippen LogP contribution in [0.3, 0.4) is 0 Å². The van der Waals surface area contributed by atoms with Crippen molar-refractivity contribution in [3.63, 3.8) is 0 Å². The maximum atomic E-state index is 12.6. The van der Waals surface area contributed by atoms with Crippen LogP contribution in [-0.4, -0.2) is 51.8 Å². The van der Waals surface area contributed by atoms with Crippen LogP contribution in [0.5, 0.6) is 0 Å². The summed E-state index contributed by atoms with van der Waals surface area (Å²) in [6.07, 6.45) is 0. The van der Waals surface area contributed by atoms with E-state index in [1.807, 2.05) is 0 Å². The number of nitrogens with two attached hydrogens (primary N) is 1. The monoisotopic (exact) mass is 338 g/mol. The van der Waals surface area contributed by atoms with Crippen molar-refractivity contribution in [1.82, 2.24) is 10.2 Å². The molecule has 4 N–H and O–H groups in total. The molecule has 0 fully saturated rings. The Kier molecular flexibility index (Phi) is 6.22. The van der Waals surface area contributed by atoms with Gasteiger partial charge in [-0.2, -0.15) is 0 Å². The van der Waals surface area contributed by atoms with Crippen molar-refractivity contribution in [2.75, 3.05) is 18.8 Å². The molecule has 0 aliphatic rings. The predicted molar refractivity (Wildman–Crippen MR) is 84.3 cm³/mol. The van der Waals surface area contributed by atoms with E-state index in [0.29, 0.717) is 0 Å². The highest BCUT2D eigenvalue weighted by Crippen LogP contribution is 2.22. The number of rotatable bonds is 7. The maximum absolute atomic E-state index is 12.6. The highest BCUT2D eigenvalue weighted by molar-refractivity contribution is 6.01. The first kappa shape index (κ1) is 18.9. The van der Waals surface area contributed by atoms with Gasteiger partial charge in [-0.15, -0.1) is 0 Å². The number of nitro groups is 1. The lowest BCUT2D eigenvalue weighted by atomic mass is 10.1. The Hall–Kier alpha value is -3.17. The quantitative estimate of drug-likeness (QED) is 0.365. The molecule has 1 aromatic carbocycles. The number of carbonyl (C=O) groups excluding carboxylic acids is 2. The smallest absolute Gasteiger partial charge is 0.326 e. The first-order valence-electron chi connectivity index (χ1n) is 6.97. The Labute approximate surface area is 137 Å². The van der Waals surface area contributed by atoms with Crippen LogP contribution in [0, 0.1) is 10.1 Å². The minimum absolute atomic E-state index is 0.00674. The summed E-state index contributed by atoms with van der Waals surface area (Å²) in [6, 6.07) is 2.15. The third-order valence-corrected chi connectivity index (χ3v) is 3.29. The number of hydrogen-bond donors (Lipinski definition) is 3. The van der Waals surface area contributed by atoms with Gasteiger partial charge in [0.25, 0.3) is 11.6 Å². The van der Waals surface area contributed by atoms with Crippen LogP contribution in [-0.2, 0) is 9.59 Å². The molecule has 1 atom stereocenters. The number of carboxylic acids is 1. The van der Waals surface area contributed by atoms with E-state index in [1.165, 1.54) is 19.9 Å². The molecule has 10 nitrogen and oxygen atoms in total. The van der Waals surface area contributed by atoms with Gasteiger partial charge in [0.2, 0.25) is 5.91 Å². The molecule has 130 valence electrons. The summed E-state index contributed by atoms with van der Waals surface area (Å²) >= 11 is 0. The van der Waals surface area contributed by atoms with Crippen LogP contribution in [0.1, 0.15) is 24.2 Å². The summed E-state index contributed by atoms with van der Waals surface area (Å²) < 4.78 is 0. The topological polar surface area (TPSA) is 156 Å². The molecule has 0 spiro atoms. The van der Waals surface area contributed by atoms with Crippen LogP contribution in [0.4, 0.5) is 11.4 Å². The van der Waals surface area contributed by atoms with Gasteiger partial charge in [0, 0.05) is 37.8 Å². The molecule has 10 heteroatoms. The number of benzene rings is 1. The third-order valence-electron chi connectivity index (χ3n) is 3.29. The second-order valence-corrected chi connectivity index (χ2v) is 5.02. The Morgan fingerprint density at radius 2 is 2.04 bits per heavy atom. The maximum Gasteiger partial charge on any atom is 0.326 e. The van der Waals surface area contributed by atoms with Gasteiger partial charge in [0.05, 0.1) is 10.5 Å². The molecule has 1 aromatic rings. The van der Waals surface area contributed by atoms with Crippen LogP contribution >= 0.6 is 0 Å². The second kappa shape index (κ2) is 7.90. The second-order valence-electron chi connectivity index (χ2n) is 5.02. The molecule has 2 amide bonds. The number of nitrogens with one attached hydrogen (secondary N) is 1. The minimum atomic E-state index is -1.25. The van der Waals surface area contributed by atoms with Gasteiger partial charge in [-0.3, -0.25) is 19.7 Å². The number of non-ortho nitro benzene ring substituents is 1. The standard InChI is InChI=1S/C14H18N4O6/c1-8(14(21)22)17(6-5-16-9(2)19)13(20)11-7-10(18(23)24)3-4-12(11)15/h3-4,7-8H,5-6,15H2,1-2H3,(H,16,19)(H,21,22). The summed E-state index contributed by atoms with van der Waals surface area (Å²) in [5.74, 6) is -2.35. The SMILES string of the molecule is CC(=O)NCCN(C(=O)c1cc([N+](=O)[O-])ccc1N)C(C)C(=O)O. The van der Waals surface area contributed by atoms with Gasteiger partial charge in [0.15, 0.2) is 0 Å². The number of nitrogens with zero attached hydrogens (tertiary/aromatic N) is 2. The Morgan fingerprint density at radius 1 is 1.42 bits per heavy atom. The summed E-state index contributed by atoms with van der Waals surface area (Å²) in [6.45, 7) is 2.52. The number of amides is 2. The van der Waals surface area contributed by atoms with Crippen molar-refractivity contribution in [1.29, 1.82) is 0 Å². The molecule has 0 saturated carbocycles. The molecular weight excluding hydrogens is 320 g/mol. The highest BCUT2D eigenvalue weighted by atomic mass is 16.6. The van der Waals surface area contributed by atoms with E-state index in [9.17, 15) is 24.5 Å². The van der Waals surface area contributed by atoms with E-state index >= 15 is 0 Å². The molecule has 0 heterocycles. The molecule has 24 heavy (non-hydrogen) atoms. The predicted octanol–water partition coefficient (Wildman–Crippen LogP) is 0.228. The van der Waals surface area contributed by atoms with Gasteiger partial charge in [-0.25, -0.2) is 4.79 Å². The number of carboxylic acid groups (broad SMARTS) is 1. The third kappa shape index (κ3) is 4.66. The molecule has 1 unspecified atom stereocenters. The van der Waals surface area contributed by atoms with Gasteiger partial charge >= 0.3 is 5.97 Å². The first-order chi connectivity index (χ1) is 11.1. The van der Waals surface area contributed by atoms with Crippen LogP contribution in [0.2, 0.25) is 0 Å². The lowest BCUT2D eigenvalue weighted by molar-refractivity contribution is -0.384. The number of aliphatic carboxylic acids is 1. The number of anilines is 1. The number of carbonyl (C=O) groups is 3. The van der Waals surface area contributed by atoms with Gasteiger partial charge in [-0.1, -0.05) is 0 Å². The molecule has 0 bridgehead atoms. The van der Waals surface area contributed by atoms with E-state index < -0.39 is 22.8 Å². The average Bonchev–Trinajstić information content (AvgIpc) is 2.50. The summed E-state index contributed by atoms with van der Waals surface area (Å²) in [4.78, 5) is 45.9. The fourth-order valence-electron chi connectivity index (χ4n) is 1.95. The minimum Gasteiger partial charge on any atom is -0.480 e. The van der Waals surface area contributed by atoms with Crippen LogP contribution in [0.25, 0.3) is 0 Å². The zero-order chi connectivity index (χ0) is 18.4. The van der Waals surface area contributed by atoms with E-state index in [0.717, 1.165) is 17.0 Å². The number of nitrogen functional groups attached to an aromatic ring is 1. The molecule has 0 saturated heterocycles. The number of hydrogen-bond acceptors (Lipinski definition) is 6. The molecule has 0 aliphatic heterocycles. The number of nitro benzene ring substituents is 1. The zero-order valence-corrected chi connectivity index (χ0v) is 13.2. The fourth-order valence-corrected chi connectivity index (χ4v) is 1.95. The molecule has 0 aliphatic carbocycles. The normalized spacial score (nSPS) is 11.4. The van der Waals surface area contributed by atoms with Gasteiger partial charge in [0.1, 0.15) is 6.04 Å². The Bertz CT molecular complexity index is 675. The summed E-state index contributed by atoms with van der Waals surface area (Å²) in [5, 5.41) is 22.4. The van der Waals surface area contributed by atoms with Crippen molar-refractivity contribution in [3.8, 4) is 0 Å². The van der Waals surface area contributed by atoms with Crippen molar-refractivity contribution in [3.05, 3.63) is 33.9 Å². The van der Waals surface area contributed by atoms with Crippen molar-refractivity contribution < 1.29 is 24.4 Å². The van der Waals surface area contributed by atoms with Gasteiger partial charge < -0.3 is 21.1 Å². The summed E-state index contributed by atoms with van der Waals surface area (Å²) in [5.41, 5.74) is 5.19. The van der Waals surface area contributed by atoms with E-state index in [-0.39, 0.29) is 35.9 Å². The van der Waals surface area contributed by atoms with Crippen molar-refractivity contribution >= 4 is 29.2 Å². The van der Waals surface area contributed by atoms with E-state index in [1.54, 1.807) is 0 Å². The lowest BCUT2D eigenvalue weighted by Crippen LogP contribution is -2.46. The molecule has 0 radical (unpaired) electrons. The van der Waals surface area contributed by atoms with E-state index in [4.69, 9.17) is 10.8 Å². The van der Waals surface area contributed by atoms with Crippen LogP contribution in [0.15, 0.2) is 18.2 Å². The first-order valence-corrected chi connectivity index (χ1v) is 6.97. The Balaban J connectivity index is 3.15. The van der Waals surface area contributed by atoms with Gasteiger partial charge in [-0.05, 0) is 13.0 Å². The molecule has 0 aromatic heterocycles. The molecule has 1 rings (SSSR count). The largest absolute Gasteiger partial charge is 0.480 e. The van der Waals surface area contributed by atoms with E-state index in [2.05, 4.69) is 5.32 Å².